The molecule has 0 aromatic rings. The number of hydrogen-bond acceptors (Lipinski definition) is 4. The van der Waals surface area contributed by atoms with Crippen molar-refractivity contribution in [3.8, 4) is 0 Å². The summed E-state index contributed by atoms with van der Waals surface area (Å²) in [5.74, 6) is -2.00. The molecule has 0 rings (SSSR count). The number of carbonyl (C=O) groups excluding carboxylic acids is 2. The third kappa shape index (κ3) is 44.6. The first-order valence-electron chi connectivity index (χ1n) is 9.53. The zero-order chi connectivity index (χ0) is 18.5. The van der Waals surface area contributed by atoms with Gasteiger partial charge in [-0.3, -0.25) is 0 Å². The van der Waals surface area contributed by atoms with Crippen molar-refractivity contribution in [1.82, 2.24) is 0 Å². The number of unbranched alkanes of at least 4 members (excludes halogenated alkanes) is 11. The van der Waals surface area contributed by atoms with Crippen LogP contribution in [0.4, 0.5) is 0 Å². The minimum Gasteiger partial charge on any atom is -0.550 e. The van der Waals surface area contributed by atoms with E-state index in [9.17, 15) is 9.90 Å². The van der Waals surface area contributed by atoms with Crippen molar-refractivity contribution >= 4 is 11.9 Å². The predicted molar refractivity (Wildman–Crippen MR) is 95.1 cm³/mol. The van der Waals surface area contributed by atoms with Gasteiger partial charge in [0.1, 0.15) is 0 Å². The molecule has 4 nitrogen and oxygen atoms in total. The van der Waals surface area contributed by atoms with Crippen LogP contribution in [0.5, 0.6) is 0 Å². The van der Waals surface area contributed by atoms with Gasteiger partial charge >= 0.3 is 80.9 Å². The Labute approximate surface area is 225 Å². The Morgan fingerprint density at radius 3 is 1.46 bits per heavy atom. The van der Waals surface area contributed by atoms with Crippen molar-refractivity contribution in [1.29, 1.82) is 0 Å². The molecule has 0 aromatic carbocycles. The molecule has 0 aliphatic carbocycles. The number of allylic oxidation sites excluding steroid dienone is 2. The zero-order valence-electron chi connectivity index (χ0n) is 17.7. The van der Waals surface area contributed by atoms with Crippen LogP contribution in [0.25, 0.3) is 0 Å². The van der Waals surface area contributed by atoms with E-state index in [0.717, 1.165) is 26.2 Å². The maximum Gasteiger partial charge on any atom is 1.00 e. The maximum absolute atomic E-state index is 10.2. The minimum absolute atomic E-state index is 0. The number of aliphatic carboxylic acids is 2. The van der Waals surface area contributed by atoms with Crippen LogP contribution in [0.1, 0.15) is 104 Å². The second-order valence-electron chi connectivity index (χ2n) is 6.20. The number of hydrogen-bond donors (Lipinski definition) is 0. The van der Waals surface area contributed by atoms with Crippen molar-refractivity contribution in [2.24, 2.45) is 0 Å². The van der Waals surface area contributed by atoms with E-state index in [1.54, 1.807) is 0 Å². The van der Waals surface area contributed by atoms with Crippen LogP contribution in [0, 0.1) is 0 Å². The van der Waals surface area contributed by atoms with Gasteiger partial charge in [-0.05, 0) is 45.4 Å². The van der Waals surface area contributed by atoms with Gasteiger partial charge in [0.25, 0.3) is 0 Å². The average molecular weight is 403 g/mol. The average Bonchev–Trinajstić information content (AvgIpc) is 2.50. The van der Waals surface area contributed by atoms with Crippen molar-refractivity contribution in [3.05, 3.63) is 12.2 Å². The molecule has 0 heterocycles. The molecule has 6 heteroatoms. The predicted octanol–water partition coefficient (Wildman–Crippen LogP) is -2.46. The fourth-order valence-corrected chi connectivity index (χ4v) is 2.34. The topological polar surface area (TPSA) is 80.3 Å². The number of carbonyl (C=O) groups is 2. The molecule has 0 aliphatic rings. The largest absolute Gasteiger partial charge is 1.00 e. The quantitative estimate of drug-likeness (QED) is 0.173. The summed E-state index contributed by atoms with van der Waals surface area (Å²) in [6, 6.07) is 0. The summed E-state index contributed by atoms with van der Waals surface area (Å²) in [4.78, 5) is 19.1. The molecule has 0 saturated heterocycles. The van der Waals surface area contributed by atoms with E-state index in [-0.39, 0.29) is 87.4 Å². The minimum atomic E-state index is -1.08. The molecule has 0 aromatic heterocycles. The standard InChI is InChI=1S/C18H34O2.C2H4O2.K.Na/c1-2-3-4-5-6-7-8-9-10-11-12-13-14-15-16-17-18(19)20;1-2(3)4;;/h9-10H,2-8,11-17H2,1H3,(H,19,20);1H3,(H,3,4);;/q;;2*+1/p-2/b10-9-;;;. The molecule has 0 amide bonds. The SMILES string of the molecule is CC(=O)[O-].CCCCCCCC/C=C\CCCCCCCC(=O)[O-].[K+].[Na+]. The van der Waals surface area contributed by atoms with Gasteiger partial charge in [-0.25, -0.2) is 0 Å². The Morgan fingerprint density at radius 2 is 1.08 bits per heavy atom. The molecule has 142 valence electrons. The van der Waals surface area contributed by atoms with E-state index in [4.69, 9.17) is 9.90 Å². The zero-order valence-corrected chi connectivity index (χ0v) is 22.8. The molecule has 0 spiro atoms. The van der Waals surface area contributed by atoms with Crippen LogP contribution in [-0.4, -0.2) is 11.9 Å². The van der Waals surface area contributed by atoms with Gasteiger partial charge in [-0.15, -0.1) is 0 Å². The van der Waals surface area contributed by atoms with Gasteiger partial charge in [0.2, 0.25) is 0 Å². The van der Waals surface area contributed by atoms with E-state index in [0.29, 0.717) is 0 Å². The van der Waals surface area contributed by atoms with Crippen LogP contribution < -0.4 is 91.2 Å². The summed E-state index contributed by atoms with van der Waals surface area (Å²) in [6.07, 6.45) is 20.9. The monoisotopic (exact) mass is 402 g/mol. The maximum atomic E-state index is 10.2. The van der Waals surface area contributed by atoms with E-state index < -0.39 is 11.9 Å². The van der Waals surface area contributed by atoms with Crippen LogP contribution in [0.2, 0.25) is 0 Å². The van der Waals surface area contributed by atoms with Gasteiger partial charge in [-0.1, -0.05) is 70.4 Å². The molecule has 0 N–H and O–H groups in total. The van der Waals surface area contributed by atoms with Gasteiger partial charge in [0.15, 0.2) is 0 Å². The first kappa shape index (κ1) is 34.8. The number of carboxylic acid groups (broad SMARTS) is 2. The van der Waals surface area contributed by atoms with Gasteiger partial charge in [0.05, 0.1) is 0 Å². The van der Waals surface area contributed by atoms with Gasteiger partial charge in [-0.2, -0.15) is 0 Å². The molecule has 0 fully saturated rings. The molecule has 0 aliphatic heterocycles. The Hall–Kier alpha value is 1.32. The smallest absolute Gasteiger partial charge is 0.550 e. The summed E-state index contributed by atoms with van der Waals surface area (Å²) in [6.45, 7) is 3.23. The van der Waals surface area contributed by atoms with Crippen LogP contribution in [-0.2, 0) is 9.59 Å². The second kappa shape index (κ2) is 31.0. The number of rotatable bonds is 15. The van der Waals surface area contributed by atoms with Crippen molar-refractivity contribution < 1.29 is 101 Å². The summed E-state index contributed by atoms with van der Waals surface area (Å²) in [5, 5.41) is 19.1. The fraction of sp³-hybridized carbons (Fsp3) is 0.800. The Bertz CT molecular complexity index is 319. The molecule has 0 saturated carbocycles. The fourth-order valence-electron chi connectivity index (χ4n) is 2.34. The third-order valence-corrected chi connectivity index (χ3v) is 3.64. The molecular formula is C20H36KNaO4. The summed E-state index contributed by atoms with van der Waals surface area (Å²) >= 11 is 0. The molecular weight excluding hydrogens is 366 g/mol. The van der Waals surface area contributed by atoms with E-state index in [2.05, 4.69) is 19.1 Å². The first-order chi connectivity index (χ1) is 11.5. The van der Waals surface area contributed by atoms with Gasteiger partial charge < -0.3 is 19.8 Å². The Morgan fingerprint density at radius 1 is 0.731 bits per heavy atom. The molecule has 0 atom stereocenters. The second-order valence-corrected chi connectivity index (χ2v) is 6.20. The molecule has 0 unspecified atom stereocenters. The molecule has 26 heavy (non-hydrogen) atoms. The van der Waals surface area contributed by atoms with Crippen molar-refractivity contribution in [2.45, 2.75) is 104 Å². The number of carboxylic acids is 2. The van der Waals surface area contributed by atoms with E-state index in [1.165, 1.54) is 64.2 Å². The Balaban J connectivity index is -0.000000363. The van der Waals surface area contributed by atoms with Crippen LogP contribution in [0.15, 0.2) is 12.2 Å². The van der Waals surface area contributed by atoms with E-state index >= 15 is 0 Å². The summed E-state index contributed by atoms with van der Waals surface area (Å²) in [5.41, 5.74) is 0. The van der Waals surface area contributed by atoms with E-state index in [1.807, 2.05) is 0 Å². The summed E-state index contributed by atoms with van der Waals surface area (Å²) < 4.78 is 0. The summed E-state index contributed by atoms with van der Waals surface area (Å²) in [7, 11) is 0. The molecule has 0 radical (unpaired) electrons. The molecule has 0 bridgehead atoms. The third-order valence-electron chi connectivity index (χ3n) is 3.64. The van der Waals surface area contributed by atoms with Crippen LogP contribution >= 0.6 is 0 Å². The normalized spacial score (nSPS) is 9.62. The van der Waals surface area contributed by atoms with Crippen molar-refractivity contribution in [2.75, 3.05) is 0 Å². The van der Waals surface area contributed by atoms with Crippen molar-refractivity contribution in [3.63, 3.8) is 0 Å². The van der Waals surface area contributed by atoms with Gasteiger partial charge in [0, 0.05) is 11.9 Å². The van der Waals surface area contributed by atoms with Crippen LogP contribution in [0.3, 0.4) is 0 Å². The first-order valence-corrected chi connectivity index (χ1v) is 9.53. The Kier molecular flexibility index (Phi) is 41.5.